The summed E-state index contributed by atoms with van der Waals surface area (Å²) < 4.78 is 18.4. The number of nitrogens with one attached hydrogen (secondary N) is 1. The van der Waals surface area contributed by atoms with Crippen LogP contribution in [0.3, 0.4) is 0 Å². The van der Waals surface area contributed by atoms with Crippen molar-refractivity contribution in [3.8, 4) is 0 Å². The highest BCUT2D eigenvalue weighted by Gasteiger charge is 2.14. The van der Waals surface area contributed by atoms with E-state index in [1.165, 1.54) is 0 Å². The molecule has 0 fully saturated rings. The van der Waals surface area contributed by atoms with Gasteiger partial charge in [-0.1, -0.05) is 22.0 Å². The summed E-state index contributed by atoms with van der Waals surface area (Å²) in [6, 6.07) is 5.94. The zero-order valence-corrected chi connectivity index (χ0v) is 10.8. The van der Waals surface area contributed by atoms with Crippen LogP contribution in [0.1, 0.15) is 2.74 Å². The first kappa shape index (κ1) is 8.72. The van der Waals surface area contributed by atoms with E-state index in [2.05, 4.69) is 26.3 Å². The largest absolute Gasteiger partial charge is 0.318 e. The minimum Gasteiger partial charge on any atom is -0.318 e. The summed E-state index contributed by atoms with van der Waals surface area (Å²) in [5.41, 5.74) is 0.998. The van der Waals surface area contributed by atoms with Crippen LogP contribution in [0.2, 0.25) is 0 Å². The number of aromatic nitrogens is 2. The lowest BCUT2D eigenvalue weighted by atomic mass is 10.2. The zero-order valence-electron chi connectivity index (χ0n) is 11.3. The molecule has 88 valence electrons. The number of hydrogen-bond acceptors (Lipinski definition) is 3. The van der Waals surface area contributed by atoms with Crippen LogP contribution < -0.4 is 10.2 Å². The number of fused-ring (bicyclic) bond motifs is 1. The molecule has 1 aromatic carbocycles. The van der Waals surface area contributed by atoms with E-state index in [1.807, 2.05) is 25.2 Å². The van der Waals surface area contributed by atoms with Gasteiger partial charge in [-0.05, 0) is 18.2 Å². The van der Waals surface area contributed by atoms with Crippen LogP contribution in [-0.2, 0) is 7.05 Å². The van der Waals surface area contributed by atoms with Crippen molar-refractivity contribution in [3.63, 3.8) is 0 Å². The predicted molar refractivity (Wildman–Crippen MR) is 72.9 cm³/mol. The number of nitrogens with zero attached hydrogens (tertiary/aromatic N) is 3. The second kappa shape index (κ2) is 4.16. The summed E-state index contributed by atoms with van der Waals surface area (Å²) in [6.07, 6.45) is 3.44. The highest BCUT2D eigenvalue weighted by atomic mass is 79.9. The average Bonchev–Trinajstić information content (AvgIpc) is 2.66. The molecule has 1 aliphatic rings. The number of halogens is 1. The maximum Gasteiger partial charge on any atom is 0.163 e. The van der Waals surface area contributed by atoms with Crippen LogP contribution in [0.4, 0.5) is 5.82 Å². The van der Waals surface area contributed by atoms with Gasteiger partial charge < -0.3 is 4.90 Å². The Bertz CT molecular complexity index is 654. The molecule has 0 radical (unpaired) electrons. The molecule has 3 rings (SSSR count). The van der Waals surface area contributed by atoms with Gasteiger partial charge in [0.15, 0.2) is 5.82 Å². The van der Waals surface area contributed by atoms with Crippen LogP contribution in [0.15, 0.2) is 34.9 Å². The Hall–Kier alpha value is -1.33. The third kappa shape index (κ3) is 1.85. The number of hydrogen-bond donors (Lipinski definition) is 1. The van der Waals surface area contributed by atoms with Gasteiger partial charge in [-0.2, -0.15) is 5.10 Å². The van der Waals surface area contributed by atoms with Crippen molar-refractivity contribution in [1.29, 1.82) is 0 Å². The fraction of sp³-hybridized carbons (Fsp3) is 0.250. The minimum absolute atomic E-state index is 0.539. The van der Waals surface area contributed by atoms with E-state index in [9.17, 15) is 0 Å². The van der Waals surface area contributed by atoms with Crippen LogP contribution in [0.5, 0.6) is 0 Å². The van der Waals surface area contributed by atoms with Gasteiger partial charge in [0.2, 0.25) is 0 Å². The van der Waals surface area contributed by atoms with Crippen molar-refractivity contribution in [2.45, 2.75) is 0 Å². The maximum absolute atomic E-state index is 8.01. The van der Waals surface area contributed by atoms with Gasteiger partial charge in [-0.15, -0.1) is 0 Å². The van der Waals surface area contributed by atoms with Gasteiger partial charge in [-0.3, -0.25) is 10.00 Å². The fourth-order valence-corrected chi connectivity index (χ4v) is 2.24. The van der Waals surface area contributed by atoms with Crippen molar-refractivity contribution >= 4 is 32.7 Å². The smallest absolute Gasteiger partial charge is 0.163 e. The molecule has 2 heterocycles. The highest BCUT2D eigenvalue weighted by Crippen LogP contribution is 2.28. The van der Waals surface area contributed by atoms with E-state index in [0.717, 1.165) is 21.2 Å². The molecule has 0 aliphatic carbocycles. The van der Waals surface area contributed by atoms with Gasteiger partial charge in [-0.25, -0.2) is 0 Å². The van der Waals surface area contributed by atoms with E-state index in [1.54, 1.807) is 21.9 Å². The van der Waals surface area contributed by atoms with Gasteiger partial charge >= 0.3 is 0 Å². The summed E-state index contributed by atoms with van der Waals surface area (Å²) in [7, 11) is 1.88. The highest BCUT2D eigenvalue weighted by molar-refractivity contribution is 9.10. The van der Waals surface area contributed by atoms with Gasteiger partial charge in [0, 0.05) is 31.0 Å². The topological polar surface area (TPSA) is 33.1 Å². The van der Waals surface area contributed by atoms with Crippen LogP contribution >= 0.6 is 15.9 Å². The van der Waals surface area contributed by atoms with Crippen molar-refractivity contribution in [1.82, 2.24) is 15.1 Å². The predicted octanol–water partition coefficient (Wildman–Crippen LogP) is 2.22. The third-order valence-corrected chi connectivity index (χ3v) is 3.18. The molecule has 2 aromatic rings. The van der Waals surface area contributed by atoms with Gasteiger partial charge in [0.05, 0.1) is 13.5 Å². The molecule has 1 aliphatic heterocycles. The van der Waals surface area contributed by atoms with Crippen LogP contribution in [0.25, 0.3) is 10.9 Å². The number of aryl methyl sites for hydroxylation is 1. The SMILES string of the molecule is [2H]C1C=CN(c2nn(C)c3cc(Br)ccc23)C([2H])N1. The van der Waals surface area contributed by atoms with Gasteiger partial charge in [0.25, 0.3) is 0 Å². The Morgan fingerprint density at radius 2 is 2.41 bits per heavy atom. The van der Waals surface area contributed by atoms with Crippen molar-refractivity contribution in [2.75, 3.05) is 18.1 Å². The first-order valence-electron chi connectivity index (χ1n) is 6.41. The van der Waals surface area contributed by atoms with Crippen LogP contribution in [-0.4, -0.2) is 22.9 Å². The van der Waals surface area contributed by atoms with Crippen molar-refractivity contribution in [3.05, 3.63) is 34.9 Å². The Kier molecular flexibility index (Phi) is 2.13. The first-order valence-corrected chi connectivity index (χ1v) is 6.05. The second-order valence-electron chi connectivity index (χ2n) is 3.82. The lowest BCUT2D eigenvalue weighted by molar-refractivity contribution is 0.703. The summed E-state index contributed by atoms with van der Waals surface area (Å²) in [4.78, 5) is 1.72. The van der Waals surface area contributed by atoms with Crippen LogP contribution in [0, 0.1) is 0 Å². The van der Waals surface area contributed by atoms with E-state index in [-0.39, 0.29) is 0 Å². The summed E-state index contributed by atoms with van der Waals surface area (Å²) >= 11 is 3.45. The molecule has 0 bridgehead atoms. The maximum atomic E-state index is 8.01. The summed E-state index contributed by atoms with van der Waals surface area (Å²) in [6.45, 7) is -1.24. The minimum atomic E-state index is -0.700. The molecule has 0 saturated heterocycles. The van der Waals surface area contributed by atoms with E-state index in [4.69, 9.17) is 2.74 Å². The lowest BCUT2D eigenvalue weighted by Crippen LogP contribution is -2.34. The quantitative estimate of drug-likeness (QED) is 0.875. The molecular formula is C12H13BrN4. The molecule has 2 atom stereocenters. The third-order valence-electron chi connectivity index (χ3n) is 2.69. The molecule has 4 nitrogen and oxygen atoms in total. The number of benzene rings is 1. The van der Waals surface area contributed by atoms with E-state index < -0.39 is 13.2 Å². The second-order valence-corrected chi connectivity index (χ2v) is 4.74. The Labute approximate surface area is 111 Å². The average molecular weight is 295 g/mol. The Morgan fingerprint density at radius 3 is 3.24 bits per heavy atom. The standard InChI is InChI=1S/C12H13BrN4/c1-16-11-7-9(13)3-4-10(11)12(15-16)17-6-2-5-14-8-17/h2-4,6-7,14H,5,8H2,1H3/i5D,8D. The number of anilines is 1. The molecule has 5 heteroatoms. The molecule has 0 amide bonds. The summed E-state index contributed by atoms with van der Waals surface area (Å²) in [5, 5.41) is 8.29. The lowest BCUT2D eigenvalue weighted by Gasteiger charge is -2.21. The molecule has 17 heavy (non-hydrogen) atoms. The Balaban J connectivity index is 2.13. The molecule has 0 saturated carbocycles. The van der Waals surface area contributed by atoms with Crippen molar-refractivity contribution in [2.24, 2.45) is 7.05 Å². The first-order chi connectivity index (χ1) is 9.06. The normalized spacial score (nSPS) is 26.1. The van der Waals surface area contributed by atoms with E-state index in [0.29, 0.717) is 0 Å². The number of rotatable bonds is 1. The Morgan fingerprint density at radius 1 is 1.53 bits per heavy atom. The zero-order chi connectivity index (χ0) is 13.6. The molecule has 2 unspecified atom stereocenters. The van der Waals surface area contributed by atoms with Gasteiger partial charge in [0.1, 0.15) is 0 Å². The molecule has 1 N–H and O–H groups in total. The summed E-state index contributed by atoms with van der Waals surface area (Å²) in [5.74, 6) is 0.723. The van der Waals surface area contributed by atoms with E-state index >= 15 is 0 Å². The fourth-order valence-electron chi connectivity index (χ4n) is 1.89. The molecule has 0 spiro atoms. The molecular weight excluding hydrogens is 280 g/mol. The molecule has 1 aromatic heterocycles. The van der Waals surface area contributed by atoms with Crippen molar-refractivity contribution < 1.29 is 2.74 Å². The monoisotopic (exact) mass is 294 g/mol.